The molecule has 3 nitrogen and oxygen atoms in total. The highest BCUT2D eigenvalue weighted by atomic mass is 16.3. The van der Waals surface area contributed by atoms with Crippen LogP contribution in [0.1, 0.15) is 0 Å². The lowest BCUT2D eigenvalue weighted by atomic mass is 9.89. The van der Waals surface area contributed by atoms with Gasteiger partial charge in [0.05, 0.1) is 22.9 Å². The third-order valence-electron chi connectivity index (χ3n) is 11.7. The SMILES string of the molecule is c1cc(-c2cnc3c4ccccc4c4ccccc4c3n2)cc(-c2cccc3c(-c4cccc5c(-c6ccc7oc8ccccc8c7c6)cccc45)cccc23)c1. The van der Waals surface area contributed by atoms with E-state index >= 15 is 0 Å². The number of furan rings is 1. The first-order valence-corrected chi connectivity index (χ1v) is 19.4. The van der Waals surface area contributed by atoms with Crippen LogP contribution in [0.4, 0.5) is 0 Å². The molecule has 3 heteroatoms. The summed E-state index contributed by atoms with van der Waals surface area (Å²) in [5, 5.41) is 11.8. The van der Waals surface area contributed by atoms with Crippen molar-refractivity contribution in [1.29, 1.82) is 0 Å². The number of para-hydroxylation sites is 1. The molecule has 0 aliphatic carbocycles. The largest absolute Gasteiger partial charge is 0.456 e. The normalized spacial score (nSPS) is 11.9. The van der Waals surface area contributed by atoms with Gasteiger partial charge in [-0.1, -0.05) is 164 Å². The Hall–Kier alpha value is -7.62. The maximum absolute atomic E-state index is 6.16. The van der Waals surface area contributed by atoms with E-state index in [1.807, 2.05) is 18.3 Å². The van der Waals surface area contributed by atoms with Gasteiger partial charge in [0.25, 0.3) is 0 Å². The smallest absolute Gasteiger partial charge is 0.135 e. The zero-order valence-corrected chi connectivity index (χ0v) is 30.8. The van der Waals surface area contributed by atoms with Crippen molar-refractivity contribution in [2.45, 2.75) is 0 Å². The molecular formula is C54H32N2O. The Kier molecular flexibility index (Phi) is 6.93. The highest BCUT2D eigenvalue weighted by Gasteiger charge is 2.16. The molecule has 0 atom stereocenters. The van der Waals surface area contributed by atoms with E-state index in [-0.39, 0.29) is 0 Å². The van der Waals surface area contributed by atoms with Crippen molar-refractivity contribution in [2.24, 2.45) is 0 Å². The number of nitrogens with zero attached hydrogens (tertiary/aromatic N) is 2. The molecule has 12 rings (SSSR count). The average molecular weight is 725 g/mol. The van der Waals surface area contributed by atoms with Crippen LogP contribution in [0.2, 0.25) is 0 Å². The van der Waals surface area contributed by atoms with Crippen molar-refractivity contribution in [3.05, 3.63) is 194 Å². The van der Waals surface area contributed by atoms with Crippen molar-refractivity contribution in [3.63, 3.8) is 0 Å². The molecule has 0 spiro atoms. The van der Waals surface area contributed by atoms with Crippen LogP contribution < -0.4 is 0 Å². The molecule has 0 aliphatic heterocycles. The average Bonchev–Trinajstić information content (AvgIpc) is 3.66. The zero-order valence-electron chi connectivity index (χ0n) is 30.8. The molecule has 0 aliphatic rings. The van der Waals surface area contributed by atoms with Gasteiger partial charge in [-0.15, -0.1) is 0 Å². The number of fused-ring (bicyclic) bond motifs is 11. The number of hydrogen-bond donors (Lipinski definition) is 0. The zero-order chi connectivity index (χ0) is 37.5. The fraction of sp³-hybridized carbons (Fsp3) is 0. The monoisotopic (exact) mass is 724 g/mol. The summed E-state index contributed by atoms with van der Waals surface area (Å²) in [4.78, 5) is 10.3. The van der Waals surface area contributed by atoms with Gasteiger partial charge >= 0.3 is 0 Å². The Morgan fingerprint density at radius 1 is 0.298 bits per heavy atom. The summed E-state index contributed by atoms with van der Waals surface area (Å²) in [5.41, 5.74) is 12.7. The molecule has 0 saturated heterocycles. The Balaban J connectivity index is 0.975. The third kappa shape index (κ3) is 4.92. The lowest BCUT2D eigenvalue weighted by molar-refractivity contribution is 0.669. The van der Waals surface area contributed by atoms with Gasteiger partial charge < -0.3 is 4.42 Å². The number of aromatic nitrogens is 2. The first kappa shape index (κ1) is 31.7. The number of rotatable bonds is 4. The Morgan fingerprint density at radius 3 is 1.44 bits per heavy atom. The van der Waals surface area contributed by atoms with Crippen LogP contribution in [0.25, 0.3) is 121 Å². The Morgan fingerprint density at radius 2 is 0.772 bits per heavy atom. The van der Waals surface area contributed by atoms with Crippen LogP contribution in [0.15, 0.2) is 199 Å². The van der Waals surface area contributed by atoms with E-state index in [4.69, 9.17) is 14.4 Å². The third-order valence-corrected chi connectivity index (χ3v) is 11.7. The van der Waals surface area contributed by atoms with Crippen LogP contribution >= 0.6 is 0 Å². The molecule has 0 radical (unpaired) electrons. The van der Waals surface area contributed by atoms with E-state index < -0.39 is 0 Å². The first-order chi connectivity index (χ1) is 28.3. The molecule has 0 saturated carbocycles. The van der Waals surface area contributed by atoms with Crippen molar-refractivity contribution in [2.75, 3.05) is 0 Å². The lowest BCUT2D eigenvalue weighted by Crippen LogP contribution is -1.92. The van der Waals surface area contributed by atoms with Crippen LogP contribution in [-0.4, -0.2) is 9.97 Å². The van der Waals surface area contributed by atoms with E-state index in [1.165, 1.54) is 60.1 Å². The van der Waals surface area contributed by atoms with Crippen LogP contribution in [-0.2, 0) is 0 Å². The van der Waals surface area contributed by atoms with E-state index in [1.54, 1.807) is 0 Å². The van der Waals surface area contributed by atoms with Crippen molar-refractivity contribution < 1.29 is 4.42 Å². The summed E-state index contributed by atoms with van der Waals surface area (Å²) < 4.78 is 6.16. The number of hydrogen-bond acceptors (Lipinski definition) is 3. The van der Waals surface area contributed by atoms with Gasteiger partial charge in [0.1, 0.15) is 11.2 Å². The molecule has 264 valence electrons. The van der Waals surface area contributed by atoms with E-state index in [9.17, 15) is 0 Å². The second-order valence-corrected chi connectivity index (χ2v) is 14.8. The Labute approximate surface area is 328 Å². The number of benzene rings is 10. The van der Waals surface area contributed by atoms with Crippen LogP contribution in [0, 0.1) is 0 Å². The second kappa shape index (κ2) is 12.5. The molecule has 12 aromatic rings. The van der Waals surface area contributed by atoms with Gasteiger partial charge in [0.2, 0.25) is 0 Å². The molecule has 0 amide bonds. The summed E-state index contributed by atoms with van der Waals surface area (Å²) >= 11 is 0. The van der Waals surface area contributed by atoms with Crippen molar-refractivity contribution >= 4 is 76.1 Å². The highest BCUT2D eigenvalue weighted by molar-refractivity contribution is 6.23. The van der Waals surface area contributed by atoms with Gasteiger partial charge in [-0.2, -0.15) is 0 Å². The molecule has 0 unspecified atom stereocenters. The fourth-order valence-corrected chi connectivity index (χ4v) is 9.09. The molecule has 0 N–H and O–H groups in total. The van der Waals surface area contributed by atoms with Gasteiger partial charge in [0, 0.05) is 27.1 Å². The van der Waals surface area contributed by atoms with E-state index in [0.29, 0.717) is 0 Å². The van der Waals surface area contributed by atoms with Crippen molar-refractivity contribution in [1.82, 2.24) is 9.97 Å². The fourth-order valence-electron chi connectivity index (χ4n) is 9.09. The van der Waals surface area contributed by atoms with Crippen LogP contribution in [0.5, 0.6) is 0 Å². The second-order valence-electron chi connectivity index (χ2n) is 14.8. The van der Waals surface area contributed by atoms with Crippen molar-refractivity contribution in [3.8, 4) is 44.6 Å². The molecule has 2 aromatic heterocycles. The molecule has 57 heavy (non-hydrogen) atoms. The van der Waals surface area contributed by atoms with Crippen LogP contribution in [0.3, 0.4) is 0 Å². The summed E-state index contributed by atoms with van der Waals surface area (Å²) in [7, 11) is 0. The summed E-state index contributed by atoms with van der Waals surface area (Å²) in [6, 6.07) is 67.3. The van der Waals surface area contributed by atoms with Gasteiger partial charge in [-0.05, 0) is 90.0 Å². The predicted molar refractivity (Wildman–Crippen MR) is 239 cm³/mol. The van der Waals surface area contributed by atoms with Gasteiger partial charge in [-0.3, -0.25) is 4.98 Å². The maximum atomic E-state index is 6.16. The molecule has 0 fully saturated rings. The summed E-state index contributed by atoms with van der Waals surface area (Å²) in [6.45, 7) is 0. The summed E-state index contributed by atoms with van der Waals surface area (Å²) in [6.07, 6.45) is 1.92. The topological polar surface area (TPSA) is 38.9 Å². The maximum Gasteiger partial charge on any atom is 0.135 e. The Bertz CT molecular complexity index is 3560. The predicted octanol–water partition coefficient (Wildman–Crippen LogP) is 14.8. The van der Waals surface area contributed by atoms with Gasteiger partial charge in [-0.25, -0.2) is 4.98 Å². The minimum Gasteiger partial charge on any atom is -0.456 e. The summed E-state index contributed by atoms with van der Waals surface area (Å²) in [5.74, 6) is 0. The highest BCUT2D eigenvalue weighted by Crippen LogP contribution is 2.42. The molecular weight excluding hydrogens is 693 g/mol. The van der Waals surface area contributed by atoms with E-state index in [2.05, 4.69) is 176 Å². The molecule has 10 aromatic carbocycles. The minimum absolute atomic E-state index is 0.859. The standard InChI is InChI=1S/C54H32N2O/c1-3-17-47-44(14-1)45-15-2-4-18-48(45)54-53(47)55-32-50(56-54)35-13-7-12-33(30-35)36-19-8-23-40-38(36)21-10-25-42(40)43-26-11-22-39-37(20-9-24-41(39)43)34-28-29-52-49(31-34)46-16-5-6-27-51(46)57-52/h1-32H. The quantitative estimate of drug-likeness (QED) is 0.170. The minimum atomic E-state index is 0.859. The van der Waals surface area contributed by atoms with Gasteiger partial charge in [0.15, 0.2) is 0 Å². The first-order valence-electron chi connectivity index (χ1n) is 19.4. The molecule has 0 bridgehead atoms. The van der Waals surface area contributed by atoms with E-state index in [0.717, 1.165) is 60.6 Å². The lowest BCUT2D eigenvalue weighted by Gasteiger charge is -2.15. The molecule has 2 heterocycles.